The second kappa shape index (κ2) is 6.92. The van der Waals surface area contributed by atoms with Gasteiger partial charge in [-0.3, -0.25) is 4.79 Å². The maximum absolute atomic E-state index is 12.7. The van der Waals surface area contributed by atoms with E-state index < -0.39 is 0 Å². The molecule has 3 rings (SSSR count). The predicted octanol–water partition coefficient (Wildman–Crippen LogP) is 4.36. The van der Waals surface area contributed by atoms with Gasteiger partial charge in [-0.15, -0.1) is 0 Å². The molecule has 0 unspecified atom stereocenters. The Bertz CT molecular complexity index is 988. The standard InChI is InChI=1S/C20H21N3O3/c1-11-5-6-12(2)17-16(11)13(3)18(26-17)19(24)22-14-7-9-15(10-8-14)23-20(25)21-4/h5-10H,1-4H3,(H,22,24)(H2,21,23,25). The molecule has 0 saturated heterocycles. The Balaban J connectivity index is 1.83. The van der Waals surface area contributed by atoms with Crippen molar-refractivity contribution in [3.8, 4) is 0 Å². The van der Waals surface area contributed by atoms with E-state index in [2.05, 4.69) is 16.0 Å². The molecule has 0 aliphatic rings. The number of fused-ring (bicyclic) bond motifs is 1. The smallest absolute Gasteiger partial charge is 0.318 e. The van der Waals surface area contributed by atoms with E-state index >= 15 is 0 Å². The van der Waals surface area contributed by atoms with Crippen LogP contribution in [0.3, 0.4) is 0 Å². The summed E-state index contributed by atoms with van der Waals surface area (Å²) < 4.78 is 5.86. The van der Waals surface area contributed by atoms with E-state index in [9.17, 15) is 9.59 Å². The molecule has 3 amide bonds. The van der Waals surface area contributed by atoms with Crippen molar-refractivity contribution in [1.82, 2.24) is 5.32 Å². The third-order valence-electron chi connectivity index (χ3n) is 4.32. The van der Waals surface area contributed by atoms with Crippen LogP contribution in [0.2, 0.25) is 0 Å². The molecule has 2 aromatic carbocycles. The van der Waals surface area contributed by atoms with E-state index in [0.29, 0.717) is 17.1 Å². The van der Waals surface area contributed by atoms with Crippen molar-refractivity contribution in [2.75, 3.05) is 17.7 Å². The Morgan fingerprint density at radius 1 is 0.846 bits per heavy atom. The number of anilines is 2. The van der Waals surface area contributed by atoms with E-state index in [1.807, 2.05) is 32.9 Å². The highest BCUT2D eigenvalue weighted by Crippen LogP contribution is 2.31. The van der Waals surface area contributed by atoms with Crippen LogP contribution in [0.15, 0.2) is 40.8 Å². The van der Waals surface area contributed by atoms with E-state index in [0.717, 1.165) is 27.7 Å². The van der Waals surface area contributed by atoms with Gasteiger partial charge in [-0.2, -0.15) is 0 Å². The lowest BCUT2D eigenvalue weighted by Crippen LogP contribution is -2.24. The second-order valence-corrected chi connectivity index (χ2v) is 6.20. The topological polar surface area (TPSA) is 83.4 Å². The number of aryl methyl sites for hydroxylation is 3. The predicted molar refractivity (Wildman–Crippen MR) is 103 cm³/mol. The number of hydrogen-bond donors (Lipinski definition) is 3. The van der Waals surface area contributed by atoms with Crippen molar-refractivity contribution in [3.05, 3.63) is 58.8 Å². The molecule has 0 radical (unpaired) electrons. The van der Waals surface area contributed by atoms with E-state index in [1.165, 1.54) is 0 Å². The Morgan fingerprint density at radius 3 is 2.00 bits per heavy atom. The largest absolute Gasteiger partial charge is 0.450 e. The molecule has 3 N–H and O–H groups in total. The first kappa shape index (κ1) is 17.5. The number of benzene rings is 2. The van der Waals surface area contributed by atoms with Crippen LogP contribution in [0.1, 0.15) is 27.2 Å². The summed E-state index contributed by atoms with van der Waals surface area (Å²) in [4.78, 5) is 24.0. The highest BCUT2D eigenvalue weighted by Gasteiger charge is 2.20. The average molecular weight is 351 g/mol. The molecule has 6 nitrogen and oxygen atoms in total. The highest BCUT2D eigenvalue weighted by atomic mass is 16.3. The fourth-order valence-electron chi connectivity index (χ4n) is 2.91. The molecule has 0 atom stereocenters. The number of furan rings is 1. The molecule has 0 bridgehead atoms. The SMILES string of the molecule is CNC(=O)Nc1ccc(NC(=O)c2oc3c(C)ccc(C)c3c2C)cc1. The average Bonchev–Trinajstić information content (AvgIpc) is 2.98. The first-order valence-corrected chi connectivity index (χ1v) is 8.30. The number of hydrogen-bond acceptors (Lipinski definition) is 3. The fourth-order valence-corrected chi connectivity index (χ4v) is 2.91. The summed E-state index contributed by atoms with van der Waals surface area (Å²) in [6, 6.07) is 10.6. The highest BCUT2D eigenvalue weighted by molar-refractivity contribution is 6.07. The first-order chi connectivity index (χ1) is 12.4. The summed E-state index contributed by atoms with van der Waals surface area (Å²) in [6.45, 7) is 5.86. The van der Waals surface area contributed by atoms with Gasteiger partial charge in [0.2, 0.25) is 0 Å². The van der Waals surface area contributed by atoms with Crippen molar-refractivity contribution < 1.29 is 14.0 Å². The van der Waals surface area contributed by atoms with Gasteiger partial charge < -0.3 is 20.4 Å². The van der Waals surface area contributed by atoms with Crippen LogP contribution >= 0.6 is 0 Å². The maximum atomic E-state index is 12.7. The first-order valence-electron chi connectivity index (χ1n) is 8.30. The molecule has 0 spiro atoms. The number of rotatable bonds is 3. The molecule has 3 aromatic rings. The lowest BCUT2D eigenvalue weighted by atomic mass is 10.0. The molecule has 1 aromatic heterocycles. The van der Waals surface area contributed by atoms with E-state index in [4.69, 9.17) is 4.42 Å². The van der Waals surface area contributed by atoms with Crippen molar-refractivity contribution in [2.45, 2.75) is 20.8 Å². The molecule has 134 valence electrons. The van der Waals surface area contributed by atoms with Gasteiger partial charge in [-0.05, 0) is 56.2 Å². The molecule has 6 heteroatoms. The third-order valence-corrected chi connectivity index (χ3v) is 4.32. The number of carbonyl (C=O) groups excluding carboxylic acids is 2. The molecule has 0 aliphatic heterocycles. The van der Waals surface area contributed by atoms with Crippen LogP contribution in [-0.2, 0) is 0 Å². The Labute approximate surface area is 151 Å². The minimum atomic E-state index is -0.301. The van der Waals surface area contributed by atoms with Crippen LogP contribution in [0.25, 0.3) is 11.0 Å². The van der Waals surface area contributed by atoms with Gasteiger partial charge in [0.1, 0.15) is 5.58 Å². The summed E-state index contributed by atoms with van der Waals surface area (Å²) in [5.41, 5.74) is 4.90. The lowest BCUT2D eigenvalue weighted by Gasteiger charge is -2.07. The minimum Gasteiger partial charge on any atom is -0.450 e. The van der Waals surface area contributed by atoms with Gasteiger partial charge in [0.05, 0.1) is 0 Å². The Morgan fingerprint density at radius 2 is 1.42 bits per heavy atom. The van der Waals surface area contributed by atoms with Gasteiger partial charge in [0.15, 0.2) is 5.76 Å². The number of urea groups is 1. The molecule has 0 saturated carbocycles. The van der Waals surface area contributed by atoms with Gasteiger partial charge >= 0.3 is 6.03 Å². The number of carbonyl (C=O) groups is 2. The molecular formula is C20H21N3O3. The van der Waals surface area contributed by atoms with Crippen LogP contribution < -0.4 is 16.0 Å². The summed E-state index contributed by atoms with van der Waals surface area (Å²) in [5, 5.41) is 8.96. The monoisotopic (exact) mass is 351 g/mol. The minimum absolute atomic E-state index is 0.301. The number of nitrogens with one attached hydrogen (secondary N) is 3. The quantitative estimate of drug-likeness (QED) is 0.655. The molecule has 26 heavy (non-hydrogen) atoms. The van der Waals surface area contributed by atoms with Crippen molar-refractivity contribution in [2.24, 2.45) is 0 Å². The summed E-state index contributed by atoms with van der Waals surface area (Å²) >= 11 is 0. The summed E-state index contributed by atoms with van der Waals surface area (Å²) in [6.07, 6.45) is 0. The lowest BCUT2D eigenvalue weighted by molar-refractivity contribution is 0.0998. The van der Waals surface area contributed by atoms with Crippen molar-refractivity contribution in [1.29, 1.82) is 0 Å². The zero-order chi connectivity index (χ0) is 18.8. The van der Waals surface area contributed by atoms with Gasteiger partial charge in [-0.25, -0.2) is 4.79 Å². The van der Waals surface area contributed by atoms with Crippen LogP contribution in [0.5, 0.6) is 0 Å². The molecule has 1 heterocycles. The maximum Gasteiger partial charge on any atom is 0.318 e. The van der Waals surface area contributed by atoms with Gasteiger partial charge in [0.25, 0.3) is 5.91 Å². The summed E-state index contributed by atoms with van der Waals surface area (Å²) in [7, 11) is 1.54. The number of amides is 3. The van der Waals surface area contributed by atoms with Crippen LogP contribution in [0, 0.1) is 20.8 Å². The zero-order valence-electron chi connectivity index (χ0n) is 15.2. The third kappa shape index (κ3) is 3.26. The molecule has 0 fully saturated rings. The van der Waals surface area contributed by atoms with Gasteiger partial charge in [0, 0.05) is 29.4 Å². The second-order valence-electron chi connectivity index (χ2n) is 6.20. The van der Waals surface area contributed by atoms with Crippen LogP contribution in [-0.4, -0.2) is 19.0 Å². The fraction of sp³-hybridized carbons (Fsp3) is 0.200. The Kier molecular flexibility index (Phi) is 4.67. The van der Waals surface area contributed by atoms with Crippen molar-refractivity contribution >= 4 is 34.3 Å². The zero-order valence-corrected chi connectivity index (χ0v) is 15.2. The van der Waals surface area contributed by atoms with E-state index in [1.54, 1.807) is 31.3 Å². The Hall–Kier alpha value is -3.28. The molecule has 0 aliphatic carbocycles. The summed E-state index contributed by atoms with van der Waals surface area (Å²) in [5.74, 6) is 0.00877. The molecular weight excluding hydrogens is 330 g/mol. The van der Waals surface area contributed by atoms with Crippen molar-refractivity contribution in [3.63, 3.8) is 0 Å². The van der Waals surface area contributed by atoms with Crippen LogP contribution in [0.4, 0.5) is 16.2 Å². The van der Waals surface area contributed by atoms with E-state index in [-0.39, 0.29) is 11.9 Å². The van der Waals surface area contributed by atoms with Gasteiger partial charge in [-0.1, -0.05) is 12.1 Å². The normalized spacial score (nSPS) is 10.6.